The lowest BCUT2D eigenvalue weighted by molar-refractivity contribution is -0.682. The van der Waals surface area contributed by atoms with Gasteiger partial charge in [0.2, 0.25) is 0 Å². The zero-order valence-corrected chi connectivity index (χ0v) is 15.9. The SMILES string of the molecule is COc1ccccc1C[NH2+]CC(O)(c1ccccc1)c1ccc(F)cc1.[Cl-]. The highest BCUT2D eigenvalue weighted by atomic mass is 35.5. The summed E-state index contributed by atoms with van der Waals surface area (Å²) >= 11 is 0. The van der Waals surface area contributed by atoms with Crippen LogP contribution in [0.2, 0.25) is 0 Å². The molecule has 3 aromatic carbocycles. The Morgan fingerprint density at radius 2 is 1.48 bits per heavy atom. The van der Waals surface area contributed by atoms with Gasteiger partial charge in [-0.1, -0.05) is 54.6 Å². The summed E-state index contributed by atoms with van der Waals surface area (Å²) in [4.78, 5) is 0. The molecule has 3 N–H and O–H groups in total. The summed E-state index contributed by atoms with van der Waals surface area (Å²) in [5.41, 5.74) is 1.30. The summed E-state index contributed by atoms with van der Waals surface area (Å²) < 4.78 is 18.7. The number of para-hydroxylation sites is 1. The van der Waals surface area contributed by atoms with Gasteiger partial charge in [0.25, 0.3) is 0 Å². The molecule has 0 aliphatic rings. The van der Waals surface area contributed by atoms with Gasteiger partial charge in [-0.25, -0.2) is 4.39 Å². The summed E-state index contributed by atoms with van der Waals surface area (Å²) in [5.74, 6) is 0.510. The van der Waals surface area contributed by atoms with Crippen molar-refractivity contribution in [1.82, 2.24) is 0 Å². The fourth-order valence-corrected chi connectivity index (χ4v) is 3.15. The first-order valence-corrected chi connectivity index (χ1v) is 8.61. The standard InChI is InChI=1S/C22H22FNO2.ClH/c1-26-21-10-6-5-7-17(21)15-24-16-22(25,18-8-3-2-4-9-18)19-11-13-20(23)14-12-19;/h2-14,24-25H,15-16H2,1H3;1H. The van der Waals surface area contributed by atoms with Crippen LogP contribution in [0.25, 0.3) is 0 Å². The third-order valence-electron chi connectivity index (χ3n) is 4.57. The minimum absolute atomic E-state index is 0. The van der Waals surface area contributed by atoms with Crippen molar-refractivity contribution >= 4 is 0 Å². The molecule has 0 saturated heterocycles. The van der Waals surface area contributed by atoms with Crippen molar-refractivity contribution in [3.63, 3.8) is 0 Å². The lowest BCUT2D eigenvalue weighted by Gasteiger charge is -2.28. The van der Waals surface area contributed by atoms with E-state index in [-0.39, 0.29) is 18.2 Å². The molecule has 0 heterocycles. The minimum atomic E-state index is -1.21. The average Bonchev–Trinajstić information content (AvgIpc) is 2.69. The molecule has 0 spiro atoms. The van der Waals surface area contributed by atoms with Gasteiger partial charge >= 0.3 is 0 Å². The molecule has 0 aliphatic carbocycles. The summed E-state index contributed by atoms with van der Waals surface area (Å²) in [6.07, 6.45) is 0. The second kappa shape index (κ2) is 9.51. The third kappa shape index (κ3) is 4.86. The average molecular weight is 388 g/mol. The normalized spacial score (nSPS) is 12.7. The van der Waals surface area contributed by atoms with Crippen molar-refractivity contribution in [3.05, 3.63) is 101 Å². The largest absolute Gasteiger partial charge is 1.00 e. The van der Waals surface area contributed by atoms with Gasteiger partial charge in [0.05, 0.1) is 7.11 Å². The Bertz CT molecular complexity index is 842. The number of halogens is 2. The monoisotopic (exact) mass is 387 g/mol. The van der Waals surface area contributed by atoms with E-state index in [4.69, 9.17) is 4.74 Å². The number of benzene rings is 3. The third-order valence-corrected chi connectivity index (χ3v) is 4.57. The fraction of sp³-hybridized carbons (Fsp3) is 0.182. The molecule has 3 nitrogen and oxygen atoms in total. The van der Waals surface area contributed by atoms with Gasteiger partial charge in [0, 0.05) is 5.56 Å². The molecule has 3 aromatic rings. The lowest BCUT2D eigenvalue weighted by Crippen LogP contribution is -3.00. The summed E-state index contributed by atoms with van der Waals surface area (Å²) in [6, 6.07) is 23.3. The molecule has 0 aromatic heterocycles. The first-order chi connectivity index (χ1) is 12.6. The van der Waals surface area contributed by atoms with Crippen LogP contribution in [0.1, 0.15) is 16.7 Å². The highest BCUT2D eigenvalue weighted by Gasteiger charge is 2.33. The molecule has 0 fully saturated rings. The predicted molar refractivity (Wildman–Crippen MR) is 99.3 cm³/mol. The number of ether oxygens (including phenoxy) is 1. The van der Waals surface area contributed by atoms with E-state index in [1.54, 1.807) is 19.2 Å². The van der Waals surface area contributed by atoms with Crippen molar-refractivity contribution in [1.29, 1.82) is 0 Å². The van der Waals surface area contributed by atoms with Gasteiger partial charge in [-0.05, 0) is 35.4 Å². The second-order valence-electron chi connectivity index (χ2n) is 6.24. The van der Waals surface area contributed by atoms with E-state index in [9.17, 15) is 9.50 Å². The molecule has 0 aliphatic heterocycles. The zero-order valence-electron chi connectivity index (χ0n) is 15.1. The lowest BCUT2D eigenvalue weighted by atomic mass is 9.86. The molecule has 142 valence electrons. The summed E-state index contributed by atoms with van der Waals surface area (Å²) in [6.45, 7) is 1.07. The minimum Gasteiger partial charge on any atom is -1.00 e. The van der Waals surface area contributed by atoms with Crippen LogP contribution < -0.4 is 22.5 Å². The van der Waals surface area contributed by atoms with Crippen molar-refractivity contribution in [3.8, 4) is 5.75 Å². The van der Waals surface area contributed by atoms with Gasteiger partial charge in [-0.15, -0.1) is 0 Å². The Morgan fingerprint density at radius 1 is 0.889 bits per heavy atom. The number of rotatable bonds is 7. The summed E-state index contributed by atoms with van der Waals surface area (Å²) in [7, 11) is 1.65. The van der Waals surface area contributed by atoms with Crippen molar-refractivity contribution in [2.24, 2.45) is 0 Å². The van der Waals surface area contributed by atoms with E-state index in [1.165, 1.54) is 12.1 Å². The van der Waals surface area contributed by atoms with Gasteiger partial charge in [0.1, 0.15) is 24.7 Å². The zero-order chi connectivity index (χ0) is 18.4. The van der Waals surface area contributed by atoms with Gasteiger partial charge < -0.3 is 27.6 Å². The van der Waals surface area contributed by atoms with Crippen LogP contribution in [-0.4, -0.2) is 18.8 Å². The van der Waals surface area contributed by atoms with Crippen LogP contribution in [0.4, 0.5) is 4.39 Å². The van der Waals surface area contributed by atoms with E-state index in [0.29, 0.717) is 18.7 Å². The molecule has 1 unspecified atom stereocenters. The molecule has 0 saturated carbocycles. The smallest absolute Gasteiger partial charge is 0.163 e. The van der Waals surface area contributed by atoms with Crippen LogP contribution in [0.3, 0.4) is 0 Å². The molecule has 0 radical (unpaired) electrons. The Balaban J connectivity index is 0.00000261. The maximum Gasteiger partial charge on any atom is 0.163 e. The Morgan fingerprint density at radius 3 is 2.15 bits per heavy atom. The summed E-state index contributed by atoms with van der Waals surface area (Å²) in [5, 5.41) is 13.5. The van der Waals surface area contributed by atoms with Gasteiger partial charge in [-0.3, -0.25) is 0 Å². The molecule has 1 atom stereocenters. The van der Waals surface area contributed by atoms with Crippen LogP contribution in [0, 0.1) is 5.82 Å². The predicted octanol–water partition coefficient (Wildman–Crippen LogP) is -0.162. The Hall–Kier alpha value is -2.40. The Labute approximate surface area is 165 Å². The maximum absolute atomic E-state index is 13.3. The first-order valence-electron chi connectivity index (χ1n) is 8.61. The van der Waals surface area contributed by atoms with E-state index in [0.717, 1.165) is 16.9 Å². The molecular formula is C22H23ClFNO2. The van der Waals surface area contributed by atoms with Crippen LogP contribution in [0.5, 0.6) is 5.75 Å². The molecular weight excluding hydrogens is 365 g/mol. The quantitative estimate of drug-likeness (QED) is 0.591. The van der Waals surface area contributed by atoms with Crippen LogP contribution in [0.15, 0.2) is 78.9 Å². The highest BCUT2D eigenvalue weighted by Crippen LogP contribution is 2.28. The van der Waals surface area contributed by atoms with Gasteiger partial charge in [0.15, 0.2) is 5.60 Å². The molecule has 0 amide bonds. The number of hydrogen-bond acceptors (Lipinski definition) is 2. The number of quaternary nitrogens is 1. The second-order valence-corrected chi connectivity index (χ2v) is 6.24. The van der Waals surface area contributed by atoms with E-state index >= 15 is 0 Å². The van der Waals surface area contributed by atoms with E-state index in [1.807, 2.05) is 59.9 Å². The number of nitrogens with two attached hydrogens (primary N) is 1. The van der Waals surface area contributed by atoms with Crippen LogP contribution in [-0.2, 0) is 12.1 Å². The molecule has 3 rings (SSSR count). The number of methoxy groups -OCH3 is 1. The maximum atomic E-state index is 13.3. The number of aliphatic hydroxyl groups is 1. The first kappa shape index (κ1) is 20.9. The van der Waals surface area contributed by atoms with Gasteiger partial charge in [-0.2, -0.15) is 0 Å². The number of hydrogen-bond donors (Lipinski definition) is 2. The highest BCUT2D eigenvalue weighted by molar-refractivity contribution is 5.36. The van der Waals surface area contributed by atoms with Crippen molar-refractivity contribution < 1.29 is 32.0 Å². The van der Waals surface area contributed by atoms with E-state index < -0.39 is 5.60 Å². The fourth-order valence-electron chi connectivity index (χ4n) is 3.15. The van der Waals surface area contributed by atoms with E-state index in [2.05, 4.69) is 0 Å². The molecule has 5 heteroatoms. The molecule has 0 bridgehead atoms. The van der Waals surface area contributed by atoms with Crippen molar-refractivity contribution in [2.45, 2.75) is 12.1 Å². The van der Waals surface area contributed by atoms with Crippen LogP contribution >= 0.6 is 0 Å². The Kier molecular flexibility index (Phi) is 7.36. The topological polar surface area (TPSA) is 46.1 Å². The van der Waals surface area contributed by atoms with Crippen molar-refractivity contribution in [2.75, 3.05) is 13.7 Å². The molecule has 27 heavy (non-hydrogen) atoms.